The summed E-state index contributed by atoms with van der Waals surface area (Å²) in [7, 11) is 4.01. The Kier molecular flexibility index (Phi) is 5.79. The molecule has 0 aromatic carbocycles. The fraction of sp³-hybridized carbons (Fsp3) is 0.750. The first-order valence-corrected chi connectivity index (χ1v) is 8.07. The van der Waals surface area contributed by atoms with Crippen molar-refractivity contribution in [2.75, 3.05) is 20.1 Å². The minimum Gasteiger partial charge on any atom is -0.351 e. The highest BCUT2D eigenvalue weighted by molar-refractivity contribution is 5.92. The van der Waals surface area contributed by atoms with Crippen LogP contribution in [0.2, 0.25) is 0 Å². The number of hydrogen-bond donors (Lipinski definition) is 1. The van der Waals surface area contributed by atoms with Crippen molar-refractivity contribution in [1.29, 1.82) is 0 Å². The molecular formula is C16H28N4O. The number of aromatic nitrogens is 2. The molecule has 2 rings (SSSR count). The molecule has 0 unspecified atom stereocenters. The molecule has 1 heterocycles. The van der Waals surface area contributed by atoms with Crippen LogP contribution in [0, 0.1) is 6.92 Å². The summed E-state index contributed by atoms with van der Waals surface area (Å²) in [5.74, 6) is -0.0292. The third kappa shape index (κ3) is 4.56. The summed E-state index contributed by atoms with van der Waals surface area (Å²) in [4.78, 5) is 14.5. The number of carbonyl (C=O) groups excluding carboxylic acids is 1. The van der Waals surface area contributed by atoms with Gasteiger partial charge in [0.05, 0.1) is 5.69 Å². The fourth-order valence-corrected chi connectivity index (χ4v) is 3.15. The van der Waals surface area contributed by atoms with Crippen molar-refractivity contribution in [3.8, 4) is 0 Å². The van der Waals surface area contributed by atoms with Crippen molar-refractivity contribution >= 4 is 5.91 Å². The third-order valence-electron chi connectivity index (χ3n) is 4.41. The summed E-state index contributed by atoms with van der Waals surface area (Å²) in [6.45, 7) is 3.67. The van der Waals surface area contributed by atoms with Gasteiger partial charge in [-0.2, -0.15) is 5.10 Å². The standard InChI is InChI=1S/C16H28N4O/c1-13-12-15(20(3)18-13)16(21)17-10-7-11-19(2)14-8-5-4-6-9-14/h12,14H,4-11H2,1-3H3,(H,17,21). The number of carbonyl (C=O) groups is 1. The minimum atomic E-state index is -0.0292. The summed E-state index contributed by atoms with van der Waals surface area (Å²) in [6, 6.07) is 2.57. The molecule has 1 aliphatic rings. The largest absolute Gasteiger partial charge is 0.351 e. The summed E-state index contributed by atoms with van der Waals surface area (Å²) < 4.78 is 1.64. The molecule has 1 fully saturated rings. The Balaban J connectivity index is 1.67. The van der Waals surface area contributed by atoms with Gasteiger partial charge < -0.3 is 10.2 Å². The van der Waals surface area contributed by atoms with Crippen LogP contribution in [0.1, 0.15) is 54.7 Å². The van der Waals surface area contributed by atoms with Crippen LogP contribution >= 0.6 is 0 Å². The highest BCUT2D eigenvalue weighted by Gasteiger charge is 2.17. The van der Waals surface area contributed by atoms with Crippen molar-refractivity contribution in [3.05, 3.63) is 17.5 Å². The molecule has 0 saturated heterocycles. The molecule has 0 aliphatic heterocycles. The summed E-state index contributed by atoms with van der Waals surface area (Å²) in [6.07, 6.45) is 7.78. The SMILES string of the molecule is Cc1cc(C(=O)NCCCN(C)C2CCCCC2)n(C)n1. The van der Waals surface area contributed by atoms with Crippen molar-refractivity contribution in [3.63, 3.8) is 0 Å². The first kappa shape index (κ1) is 16.0. The van der Waals surface area contributed by atoms with E-state index in [0.717, 1.165) is 31.2 Å². The van der Waals surface area contributed by atoms with Crippen LogP contribution in [0.5, 0.6) is 0 Å². The van der Waals surface area contributed by atoms with Crippen LogP contribution in [0.15, 0.2) is 6.07 Å². The molecule has 1 aromatic heterocycles. The number of hydrogen-bond acceptors (Lipinski definition) is 3. The van der Waals surface area contributed by atoms with Gasteiger partial charge in [0.1, 0.15) is 5.69 Å². The second kappa shape index (κ2) is 7.59. The van der Waals surface area contributed by atoms with Gasteiger partial charge in [-0.15, -0.1) is 0 Å². The van der Waals surface area contributed by atoms with Gasteiger partial charge in [0.2, 0.25) is 0 Å². The minimum absolute atomic E-state index is 0.0292. The second-order valence-electron chi connectivity index (χ2n) is 6.18. The van der Waals surface area contributed by atoms with Crippen molar-refractivity contribution < 1.29 is 4.79 Å². The molecule has 118 valence electrons. The van der Waals surface area contributed by atoms with E-state index in [-0.39, 0.29) is 5.91 Å². The average Bonchev–Trinajstić information content (AvgIpc) is 2.83. The molecule has 5 nitrogen and oxygen atoms in total. The Labute approximate surface area is 127 Å². The lowest BCUT2D eigenvalue weighted by Gasteiger charge is -2.31. The summed E-state index contributed by atoms with van der Waals surface area (Å²) >= 11 is 0. The van der Waals surface area contributed by atoms with Gasteiger partial charge in [0.15, 0.2) is 0 Å². The van der Waals surface area contributed by atoms with Crippen molar-refractivity contribution in [1.82, 2.24) is 20.0 Å². The number of nitrogens with one attached hydrogen (secondary N) is 1. The highest BCUT2D eigenvalue weighted by atomic mass is 16.2. The van der Waals surface area contributed by atoms with Crippen molar-refractivity contribution in [2.45, 2.75) is 51.5 Å². The van der Waals surface area contributed by atoms with E-state index in [9.17, 15) is 4.79 Å². The second-order valence-corrected chi connectivity index (χ2v) is 6.18. The van der Waals surface area contributed by atoms with E-state index in [1.54, 1.807) is 11.7 Å². The monoisotopic (exact) mass is 292 g/mol. The quantitative estimate of drug-likeness (QED) is 0.817. The van der Waals surface area contributed by atoms with Crippen LogP contribution in [-0.2, 0) is 7.05 Å². The van der Waals surface area contributed by atoms with Gasteiger partial charge in [-0.05, 0) is 45.8 Å². The third-order valence-corrected chi connectivity index (χ3v) is 4.41. The Morgan fingerprint density at radius 2 is 2.14 bits per heavy atom. The van der Waals surface area contributed by atoms with E-state index in [2.05, 4.69) is 22.4 Å². The number of aryl methyl sites for hydroxylation is 2. The molecule has 5 heteroatoms. The van der Waals surface area contributed by atoms with E-state index in [0.29, 0.717) is 5.69 Å². The van der Waals surface area contributed by atoms with Crippen molar-refractivity contribution in [2.24, 2.45) is 7.05 Å². The average molecular weight is 292 g/mol. The van der Waals surface area contributed by atoms with Crippen LogP contribution < -0.4 is 5.32 Å². The predicted molar refractivity (Wildman–Crippen MR) is 84.4 cm³/mol. The van der Waals surface area contributed by atoms with Crippen LogP contribution in [0.25, 0.3) is 0 Å². The maximum absolute atomic E-state index is 12.0. The number of rotatable bonds is 6. The zero-order valence-corrected chi connectivity index (χ0v) is 13.6. The lowest BCUT2D eigenvalue weighted by atomic mass is 9.94. The Morgan fingerprint density at radius 1 is 1.43 bits per heavy atom. The zero-order valence-electron chi connectivity index (χ0n) is 13.6. The summed E-state index contributed by atoms with van der Waals surface area (Å²) in [5.41, 5.74) is 1.51. The van der Waals surface area contributed by atoms with E-state index in [1.807, 2.05) is 13.0 Å². The van der Waals surface area contributed by atoms with E-state index in [4.69, 9.17) is 0 Å². The Morgan fingerprint density at radius 3 is 2.76 bits per heavy atom. The molecule has 21 heavy (non-hydrogen) atoms. The fourth-order valence-electron chi connectivity index (χ4n) is 3.15. The van der Waals surface area contributed by atoms with Gasteiger partial charge in [-0.25, -0.2) is 0 Å². The number of amides is 1. The van der Waals surface area contributed by atoms with Gasteiger partial charge in [0.25, 0.3) is 5.91 Å². The molecule has 0 atom stereocenters. The zero-order chi connectivity index (χ0) is 15.2. The topological polar surface area (TPSA) is 50.2 Å². The number of nitrogens with zero attached hydrogens (tertiary/aromatic N) is 3. The Bertz CT molecular complexity index is 463. The smallest absolute Gasteiger partial charge is 0.269 e. The molecule has 1 amide bonds. The van der Waals surface area contributed by atoms with Gasteiger partial charge in [0, 0.05) is 19.6 Å². The highest BCUT2D eigenvalue weighted by Crippen LogP contribution is 2.21. The molecule has 1 aromatic rings. The molecule has 0 bridgehead atoms. The van der Waals surface area contributed by atoms with E-state index < -0.39 is 0 Å². The van der Waals surface area contributed by atoms with E-state index in [1.165, 1.54) is 32.1 Å². The van der Waals surface area contributed by atoms with Gasteiger partial charge in [-0.1, -0.05) is 19.3 Å². The van der Waals surface area contributed by atoms with Gasteiger partial charge >= 0.3 is 0 Å². The molecule has 0 spiro atoms. The lowest BCUT2D eigenvalue weighted by Crippen LogP contribution is -2.36. The van der Waals surface area contributed by atoms with E-state index >= 15 is 0 Å². The lowest BCUT2D eigenvalue weighted by molar-refractivity contribution is 0.0941. The predicted octanol–water partition coefficient (Wildman–Crippen LogP) is 2.11. The molecule has 1 saturated carbocycles. The molecular weight excluding hydrogens is 264 g/mol. The van der Waals surface area contributed by atoms with Crippen LogP contribution in [0.4, 0.5) is 0 Å². The Hall–Kier alpha value is -1.36. The maximum atomic E-state index is 12.0. The molecule has 1 N–H and O–H groups in total. The molecule has 0 radical (unpaired) electrons. The van der Waals surface area contributed by atoms with Crippen LogP contribution in [0.3, 0.4) is 0 Å². The maximum Gasteiger partial charge on any atom is 0.269 e. The first-order valence-electron chi connectivity index (χ1n) is 8.07. The first-order chi connectivity index (χ1) is 10.1. The molecule has 1 aliphatic carbocycles. The van der Waals surface area contributed by atoms with Crippen LogP contribution in [-0.4, -0.2) is 46.8 Å². The normalized spacial score (nSPS) is 16.4. The summed E-state index contributed by atoms with van der Waals surface area (Å²) in [5, 5.41) is 7.18. The van der Waals surface area contributed by atoms with Gasteiger partial charge in [-0.3, -0.25) is 9.48 Å².